The fraction of sp³-hybridized carbons (Fsp3) is 0.600. The first-order valence-electron chi connectivity index (χ1n) is 9.50. The second-order valence-electron chi connectivity index (χ2n) is 7.66. The maximum absolute atomic E-state index is 12.6. The lowest BCUT2D eigenvalue weighted by Crippen LogP contribution is -2.57. The SMILES string of the molecule is Cc1ccc(CN2CCNC(=O)[C@H]2CC(=O)NC2(CO)CCCC2)cc1. The van der Waals surface area contributed by atoms with E-state index in [4.69, 9.17) is 0 Å². The number of hydrogen-bond donors (Lipinski definition) is 3. The van der Waals surface area contributed by atoms with Gasteiger partial charge < -0.3 is 15.7 Å². The molecule has 1 aromatic carbocycles. The fourth-order valence-electron chi connectivity index (χ4n) is 4.00. The van der Waals surface area contributed by atoms with Crippen LogP contribution < -0.4 is 10.6 Å². The zero-order valence-corrected chi connectivity index (χ0v) is 15.5. The third kappa shape index (κ3) is 4.43. The zero-order chi connectivity index (χ0) is 18.6. The molecule has 6 nitrogen and oxygen atoms in total. The van der Waals surface area contributed by atoms with Crippen LogP contribution >= 0.6 is 0 Å². The van der Waals surface area contributed by atoms with Gasteiger partial charge in [-0.25, -0.2) is 0 Å². The molecule has 2 aliphatic rings. The molecular weight excluding hydrogens is 330 g/mol. The quantitative estimate of drug-likeness (QED) is 0.711. The molecule has 0 unspecified atom stereocenters. The number of aliphatic hydroxyl groups is 1. The highest BCUT2D eigenvalue weighted by molar-refractivity contribution is 5.89. The zero-order valence-electron chi connectivity index (χ0n) is 15.5. The van der Waals surface area contributed by atoms with Gasteiger partial charge in [-0.3, -0.25) is 14.5 Å². The number of carbonyl (C=O) groups is 2. The summed E-state index contributed by atoms with van der Waals surface area (Å²) in [6.45, 7) is 3.98. The predicted molar refractivity (Wildman–Crippen MR) is 99.4 cm³/mol. The third-order valence-electron chi connectivity index (χ3n) is 5.59. The molecular formula is C20H29N3O3. The van der Waals surface area contributed by atoms with E-state index in [9.17, 15) is 14.7 Å². The van der Waals surface area contributed by atoms with E-state index in [-0.39, 0.29) is 24.8 Å². The van der Waals surface area contributed by atoms with E-state index >= 15 is 0 Å². The lowest BCUT2D eigenvalue weighted by Gasteiger charge is -2.36. The first kappa shape index (κ1) is 18.9. The molecule has 1 heterocycles. The molecule has 2 fully saturated rings. The lowest BCUT2D eigenvalue weighted by atomic mass is 9.97. The molecule has 0 spiro atoms. The average molecular weight is 359 g/mol. The Morgan fingerprint density at radius 3 is 2.65 bits per heavy atom. The van der Waals surface area contributed by atoms with Gasteiger partial charge in [0.05, 0.1) is 24.6 Å². The van der Waals surface area contributed by atoms with Gasteiger partial charge in [-0.1, -0.05) is 42.7 Å². The van der Waals surface area contributed by atoms with Crippen molar-refractivity contribution < 1.29 is 14.7 Å². The minimum atomic E-state index is -0.496. The molecule has 6 heteroatoms. The molecule has 1 aliphatic carbocycles. The first-order chi connectivity index (χ1) is 12.5. The van der Waals surface area contributed by atoms with E-state index in [1.54, 1.807) is 0 Å². The molecule has 1 atom stereocenters. The number of hydrogen-bond acceptors (Lipinski definition) is 4. The molecule has 1 saturated heterocycles. The van der Waals surface area contributed by atoms with Crippen LogP contribution in [-0.2, 0) is 16.1 Å². The summed E-state index contributed by atoms with van der Waals surface area (Å²) in [6, 6.07) is 7.79. The minimum Gasteiger partial charge on any atom is -0.394 e. The van der Waals surface area contributed by atoms with Crippen LogP contribution in [-0.4, -0.2) is 53.1 Å². The van der Waals surface area contributed by atoms with Crippen molar-refractivity contribution >= 4 is 11.8 Å². The highest BCUT2D eigenvalue weighted by atomic mass is 16.3. The van der Waals surface area contributed by atoms with E-state index in [0.717, 1.165) is 37.8 Å². The van der Waals surface area contributed by atoms with Crippen molar-refractivity contribution in [3.8, 4) is 0 Å². The van der Waals surface area contributed by atoms with Crippen molar-refractivity contribution in [1.82, 2.24) is 15.5 Å². The van der Waals surface area contributed by atoms with Gasteiger partial charge in [0.2, 0.25) is 11.8 Å². The van der Waals surface area contributed by atoms with Crippen molar-refractivity contribution in [2.45, 2.75) is 57.2 Å². The molecule has 1 saturated carbocycles. The highest BCUT2D eigenvalue weighted by Gasteiger charge is 2.37. The van der Waals surface area contributed by atoms with Crippen molar-refractivity contribution in [2.24, 2.45) is 0 Å². The van der Waals surface area contributed by atoms with Gasteiger partial charge in [-0.2, -0.15) is 0 Å². The summed E-state index contributed by atoms with van der Waals surface area (Å²) in [5.41, 5.74) is 1.84. The smallest absolute Gasteiger partial charge is 0.237 e. The number of carbonyl (C=O) groups excluding carboxylic acids is 2. The Morgan fingerprint density at radius 1 is 1.31 bits per heavy atom. The summed E-state index contributed by atoms with van der Waals surface area (Å²) < 4.78 is 0. The topological polar surface area (TPSA) is 81.7 Å². The van der Waals surface area contributed by atoms with Gasteiger partial charge >= 0.3 is 0 Å². The molecule has 0 radical (unpaired) electrons. The first-order valence-corrected chi connectivity index (χ1v) is 9.50. The third-order valence-corrected chi connectivity index (χ3v) is 5.59. The van der Waals surface area contributed by atoms with Crippen molar-refractivity contribution in [3.05, 3.63) is 35.4 Å². The van der Waals surface area contributed by atoms with Crippen molar-refractivity contribution in [2.75, 3.05) is 19.7 Å². The number of rotatable bonds is 6. The van der Waals surface area contributed by atoms with Gasteiger partial charge in [0, 0.05) is 19.6 Å². The van der Waals surface area contributed by atoms with E-state index in [1.807, 2.05) is 6.92 Å². The molecule has 1 aliphatic heterocycles. The van der Waals surface area contributed by atoms with Gasteiger partial charge in [-0.15, -0.1) is 0 Å². The van der Waals surface area contributed by atoms with Crippen LogP contribution in [0.25, 0.3) is 0 Å². The van der Waals surface area contributed by atoms with Crippen LogP contribution in [0.1, 0.15) is 43.2 Å². The number of nitrogens with one attached hydrogen (secondary N) is 2. The molecule has 3 rings (SSSR count). The molecule has 26 heavy (non-hydrogen) atoms. The Morgan fingerprint density at radius 2 is 2.00 bits per heavy atom. The standard InChI is InChI=1S/C20H29N3O3/c1-15-4-6-16(7-5-15)13-23-11-10-21-19(26)17(23)12-18(25)22-20(14-24)8-2-3-9-20/h4-7,17,24H,2-3,8-14H2,1H3,(H,21,26)(H,22,25)/t17-/m1/s1. The van der Waals surface area contributed by atoms with Crippen LogP contribution in [0.5, 0.6) is 0 Å². The molecule has 0 aromatic heterocycles. The summed E-state index contributed by atoms with van der Waals surface area (Å²) in [4.78, 5) is 27.1. The lowest BCUT2D eigenvalue weighted by molar-refractivity contribution is -0.135. The number of aryl methyl sites for hydroxylation is 1. The van der Waals surface area contributed by atoms with Crippen LogP contribution in [0.4, 0.5) is 0 Å². The van der Waals surface area contributed by atoms with Crippen LogP contribution in [0.2, 0.25) is 0 Å². The van der Waals surface area contributed by atoms with E-state index in [2.05, 4.69) is 39.8 Å². The maximum atomic E-state index is 12.6. The van der Waals surface area contributed by atoms with Gasteiger partial charge in [0.25, 0.3) is 0 Å². The second-order valence-corrected chi connectivity index (χ2v) is 7.66. The van der Waals surface area contributed by atoms with Gasteiger partial charge in [-0.05, 0) is 25.3 Å². The summed E-state index contributed by atoms with van der Waals surface area (Å²) in [5.74, 6) is -0.250. The number of benzene rings is 1. The molecule has 1 aromatic rings. The average Bonchev–Trinajstić information content (AvgIpc) is 3.09. The Balaban J connectivity index is 1.65. The Bertz CT molecular complexity index is 638. The largest absolute Gasteiger partial charge is 0.394 e. The minimum absolute atomic E-state index is 0.0390. The number of piperazine rings is 1. The highest BCUT2D eigenvalue weighted by Crippen LogP contribution is 2.29. The Hall–Kier alpha value is -1.92. The second kappa shape index (κ2) is 8.18. The molecule has 2 amide bonds. The van der Waals surface area contributed by atoms with Gasteiger partial charge in [0.15, 0.2) is 0 Å². The van der Waals surface area contributed by atoms with Crippen molar-refractivity contribution in [1.29, 1.82) is 0 Å². The summed E-state index contributed by atoms with van der Waals surface area (Å²) >= 11 is 0. The van der Waals surface area contributed by atoms with Gasteiger partial charge in [0.1, 0.15) is 0 Å². The van der Waals surface area contributed by atoms with E-state index in [1.165, 1.54) is 5.56 Å². The number of aliphatic hydroxyl groups excluding tert-OH is 1. The molecule has 3 N–H and O–H groups in total. The predicted octanol–water partition coefficient (Wildman–Crippen LogP) is 1.11. The van der Waals surface area contributed by atoms with Crippen LogP contribution in [0, 0.1) is 6.92 Å². The fourth-order valence-corrected chi connectivity index (χ4v) is 4.00. The van der Waals surface area contributed by atoms with Crippen molar-refractivity contribution in [3.63, 3.8) is 0 Å². The number of nitrogens with zero attached hydrogens (tertiary/aromatic N) is 1. The molecule has 142 valence electrons. The summed E-state index contributed by atoms with van der Waals surface area (Å²) in [7, 11) is 0. The van der Waals surface area contributed by atoms with Crippen LogP contribution in [0.3, 0.4) is 0 Å². The number of amides is 2. The maximum Gasteiger partial charge on any atom is 0.237 e. The Kier molecular flexibility index (Phi) is 5.94. The summed E-state index contributed by atoms with van der Waals surface area (Å²) in [5, 5.41) is 15.6. The monoisotopic (exact) mass is 359 g/mol. The van der Waals surface area contributed by atoms with E-state index < -0.39 is 11.6 Å². The Labute approximate surface area is 155 Å². The normalized spacial score (nSPS) is 22.8. The van der Waals surface area contributed by atoms with Crippen LogP contribution in [0.15, 0.2) is 24.3 Å². The summed E-state index contributed by atoms with van der Waals surface area (Å²) in [6.07, 6.45) is 3.77. The molecule has 0 bridgehead atoms. The van der Waals surface area contributed by atoms with E-state index in [0.29, 0.717) is 13.1 Å².